The van der Waals surface area contributed by atoms with Crippen LogP contribution >= 0.6 is 0 Å². The number of aldehydes is 1. The average molecular weight is 232 g/mol. The van der Waals surface area contributed by atoms with E-state index < -0.39 is 6.09 Å². The molecule has 0 unspecified atom stereocenters. The fourth-order valence-electron chi connectivity index (χ4n) is 1.94. The largest absolute Gasteiger partial charge is 0.465 e. The number of fused-ring (bicyclic) bond motifs is 1. The predicted molar refractivity (Wildman–Crippen MR) is 64.7 cm³/mol. The summed E-state index contributed by atoms with van der Waals surface area (Å²) < 4.78 is 1.78. The third kappa shape index (κ3) is 1.75. The van der Waals surface area contributed by atoms with Gasteiger partial charge in [0.25, 0.3) is 0 Å². The quantitative estimate of drug-likeness (QED) is 0.781. The molecular formula is C12H12N2O3. The number of amides is 1. The molecule has 1 amide bonds. The first-order valence-corrected chi connectivity index (χ1v) is 5.08. The molecule has 1 aromatic carbocycles. The zero-order chi connectivity index (χ0) is 12.6. The van der Waals surface area contributed by atoms with Gasteiger partial charge in [0.2, 0.25) is 0 Å². The van der Waals surface area contributed by atoms with Gasteiger partial charge in [0.15, 0.2) is 6.29 Å². The highest BCUT2D eigenvalue weighted by atomic mass is 16.4. The van der Waals surface area contributed by atoms with E-state index in [1.54, 1.807) is 29.8 Å². The summed E-state index contributed by atoms with van der Waals surface area (Å²) in [7, 11) is 1.80. The van der Waals surface area contributed by atoms with Gasteiger partial charge in [-0.3, -0.25) is 10.1 Å². The fraction of sp³-hybridized carbons (Fsp3) is 0.167. The highest BCUT2D eigenvalue weighted by molar-refractivity contribution is 5.96. The van der Waals surface area contributed by atoms with Crippen molar-refractivity contribution in [1.82, 2.24) is 4.57 Å². The van der Waals surface area contributed by atoms with Crippen molar-refractivity contribution in [2.24, 2.45) is 7.05 Å². The number of rotatable bonds is 2. The smallest absolute Gasteiger partial charge is 0.409 e. The second-order valence-electron chi connectivity index (χ2n) is 3.85. The number of aryl methyl sites for hydroxylation is 2. The molecule has 0 aliphatic heterocycles. The van der Waals surface area contributed by atoms with E-state index in [4.69, 9.17) is 5.11 Å². The lowest BCUT2D eigenvalue weighted by Gasteiger charge is -2.07. The Morgan fingerprint density at radius 1 is 1.47 bits per heavy atom. The molecule has 0 aliphatic rings. The second kappa shape index (κ2) is 3.93. The van der Waals surface area contributed by atoms with Crippen molar-refractivity contribution in [3.05, 3.63) is 29.5 Å². The van der Waals surface area contributed by atoms with Crippen LogP contribution in [0.4, 0.5) is 10.5 Å². The lowest BCUT2D eigenvalue weighted by atomic mass is 10.1. The number of hydrogen-bond donors (Lipinski definition) is 2. The van der Waals surface area contributed by atoms with Gasteiger partial charge in [-0.1, -0.05) is 0 Å². The maximum absolute atomic E-state index is 10.8. The van der Waals surface area contributed by atoms with Crippen molar-refractivity contribution < 1.29 is 14.7 Å². The number of carboxylic acid groups (broad SMARTS) is 1. The summed E-state index contributed by atoms with van der Waals surface area (Å²) in [6, 6.07) is 5.24. The normalized spacial score (nSPS) is 10.5. The van der Waals surface area contributed by atoms with Crippen LogP contribution in [0, 0.1) is 6.92 Å². The molecule has 88 valence electrons. The molecule has 2 rings (SSSR count). The molecule has 0 fully saturated rings. The second-order valence-corrected chi connectivity index (χ2v) is 3.85. The number of anilines is 1. The van der Waals surface area contributed by atoms with Crippen LogP contribution in [0.15, 0.2) is 18.2 Å². The Morgan fingerprint density at radius 2 is 2.18 bits per heavy atom. The Bertz CT molecular complexity index is 614. The number of carbonyl (C=O) groups excluding carboxylic acids is 1. The zero-order valence-electron chi connectivity index (χ0n) is 9.52. The van der Waals surface area contributed by atoms with Crippen molar-refractivity contribution in [3.63, 3.8) is 0 Å². The van der Waals surface area contributed by atoms with Crippen molar-refractivity contribution in [2.45, 2.75) is 6.92 Å². The van der Waals surface area contributed by atoms with Gasteiger partial charge in [0, 0.05) is 23.6 Å². The minimum absolute atomic E-state index is 0.535. The molecular weight excluding hydrogens is 220 g/mol. The number of carbonyl (C=O) groups is 2. The van der Waals surface area contributed by atoms with Gasteiger partial charge >= 0.3 is 6.09 Å². The Hall–Kier alpha value is -2.30. The molecule has 2 N–H and O–H groups in total. The van der Waals surface area contributed by atoms with Gasteiger partial charge in [0.05, 0.1) is 5.69 Å². The van der Waals surface area contributed by atoms with Crippen molar-refractivity contribution in [1.29, 1.82) is 0 Å². The number of nitrogens with zero attached hydrogens (tertiary/aromatic N) is 1. The third-order valence-electron chi connectivity index (χ3n) is 2.90. The molecule has 0 saturated carbocycles. The topological polar surface area (TPSA) is 71.3 Å². The summed E-state index contributed by atoms with van der Waals surface area (Å²) in [6.07, 6.45) is -0.317. The van der Waals surface area contributed by atoms with Crippen LogP contribution in [-0.2, 0) is 7.05 Å². The van der Waals surface area contributed by atoms with Crippen LogP contribution in [-0.4, -0.2) is 22.1 Å². The van der Waals surface area contributed by atoms with Gasteiger partial charge in [-0.2, -0.15) is 0 Å². The monoisotopic (exact) mass is 232 g/mol. The first-order valence-electron chi connectivity index (χ1n) is 5.08. The van der Waals surface area contributed by atoms with Crippen molar-refractivity contribution in [3.8, 4) is 0 Å². The summed E-state index contributed by atoms with van der Waals surface area (Å²) in [6.45, 7) is 1.82. The number of hydrogen-bond acceptors (Lipinski definition) is 2. The molecule has 0 spiro atoms. The van der Waals surface area contributed by atoms with E-state index >= 15 is 0 Å². The molecule has 0 saturated heterocycles. The minimum atomic E-state index is -1.10. The van der Waals surface area contributed by atoms with E-state index in [2.05, 4.69) is 5.32 Å². The van der Waals surface area contributed by atoms with E-state index in [9.17, 15) is 9.59 Å². The fourth-order valence-corrected chi connectivity index (χ4v) is 1.94. The van der Waals surface area contributed by atoms with Gasteiger partial charge in [0.1, 0.15) is 0 Å². The summed E-state index contributed by atoms with van der Waals surface area (Å²) in [4.78, 5) is 21.5. The van der Waals surface area contributed by atoms with E-state index in [-0.39, 0.29) is 0 Å². The van der Waals surface area contributed by atoms with Crippen LogP contribution < -0.4 is 5.32 Å². The molecule has 5 heteroatoms. The maximum Gasteiger partial charge on any atom is 0.409 e. The van der Waals surface area contributed by atoms with Gasteiger partial charge in [-0.25, -0.2) is 4.79 Å². The van der Waals surface area contributed by atoms with Crippen LogP contribution in [0.5, 0.6) is 0 Å². The molecule has 0 radical (unpaired) electrons. The standard InChI is InChI=1S/C12H12N2O3/c1-7-9-5-8(6-15)14(2)11(9)4-3-10(7)13-12(16)17/h3-6,13H,1-2H3,(H,16,17). The van der Waals surface area contributed by atoms with E-state index in [1.165, 1.54) is 0 Å². The van der Waals surface area contributed by atoms with Crippen molar-refractivity contribution in [2.75, 3.05) is 5.32 Å². The number of benzene rings is 1. The molecule has 0 aliphatic carbocycles. The molecule has 0 bridgehead atoms. The van der Waals surface area contributed by atoms with Crippen LogP contribution in [0.25, 0.3) is 10.9 Å². The first-order chi connectivity index (χ1) is 8.04. The summed E-state index contributed by atoms with van der Waals surface area (Å²) in [5.74, 6) is 0. The SMILES string of the molecule is Cc1c(NC(=O)O)ccc2c1cc(C=O)n2C. The summed E-state index contributed by atoms with van der Waals surface area (Å²) >= 11 is 0. The molecule has 2 aromatic rings. The Morgan fingerprint density at radius 3 is 2.76 bits per heavy atom. The lowest BCUT2D eigenvalue weighted by molar-refractivity contribution is 0.111. The lowest BCUT2D eigenvalue weighted by Crippen LogP contribution is -2.08. The number of aromatic nitrogens is 1. The van der Waals surface area contributed by atoms with Crippen molar-refractivity contribution >= 4 is 29.0 Å². The molecule has 17 heavy (non-hydrogen) atoms. The van der Waals surface area contributed by atoms with Gasteiger partial charge in [-0.05, 0) is 30.7 Å². The van der Waals surface area contributed by atoms with Gasteiger partial charge in [-0.15, -0.1) is 0 Å². The van der Waals surface area contributed by atoms with Gasteiger partial charge < -0.3 is 9.67 Å². The third-order valence-corrected chi connectivity index (χ3v) is 2.90. The number of nitrogens with one attached hydrogen (secondary N) is 1. The molecule has 5 nitrogen and oxygen atoms in total. The van der Waals surface area contributed by atoms with Crippen LogP contribution in [0.2, 0.25) is 0 Å². The average Bonchev–Trinajstić information content (AvgIpc) is 2.60. The van der Waals surface area contributed by atoms with E-state index in [1.807, 2.05) is 6.92 Å². The maximum atomic E-state index is 10.8. The molecule has 1 aromatic heterocycles. The molecule has 0 atom stereocenters. The summed E-state index contributed by atoms with van der Waals surface area (Å²) in [5.41, 5.74) is 2.82. The summed E-state index contributed by atoms with van der Waals surface area (Å²) in [5, 5.41) is 11.9. The highest BCUT2D eigenvalue weighted by Gasteiger charge is 2.10. The minimum Gasteiger partial charge on any atom is -0.465 e. The van der Waals surface area contributed by atoms with Crippen LogP contribution in [0.3, 0.4) is 0 Å². The zero-order valence-corrected chi connectivity index (χ0v) is 9.52. The Balaban J connectivity index is 2.67. The van der Waals surface area contributed by atoms with E-state index in [0.29, 0.717) is 11.4 Å². The Labute approximate surface area is 97.7 Å². The predicted octanol–water partition coefficient (Wildman–Crippen LogP) is 2.39. The first kappa shape index (κ1) is 11.2. The van der Waals surface area contributed by atoms with Crippen LogP contribution in [0.1, 0.15) is 16.1 Å². The van der Waals surface area contributed by atoms with E-state index in [0.717, 1.165) is 22.8 Å². The highest BCUT2D eigenvalue weighted by Crippen LogP contribution is 2.27. The Kier molecular flexibility index (Phi) is 2.59. The molecule has 1 heterocycles.